The lowest BCUT2D eigenvalue weighted by molar-refractivity contribution is 0.0669. The summed E-state index contributed by atoms with van der Waals surface area (Å²) in [7, 11) is 2.19. The van der Waals surface area contributed by atoms with Gasteiger partial charge in [-0.05, 0) is 50.7 Å². The van der Waals surface area contributed by atoms with Crippen molar-refractivity contribution in [3.8, 4) is 9.88 Å². The third kappa shape index (κ3) is 2.84. The Hall–Kier alpha value is -1.24. The van der Waals surface area contributed by atoms with Crippen LogP contribution in [0.25, 0.3) is 9.88 Å². The minimum Gasteiger partial charge on any atom is -0.333 e. The van der Waals surface area contributed by atoms with E-state index in [1.54, 1.807) is 17.5 Å². The number of rotatable bonds is 3. The highest BCUT2D eigenvalue weighted by atomic mass is 32.1. The van der Waals surface area contributed by atoms with E-state index in [1.807, 2.05) is 11.4 Å². The Labute approximate surface area is 144 Å². The number of hydrogen-bond donors (Lipinski definition) is 0. The summed E-state index contributed by atoms with van der Waals surface area (Å²) in [4.78, 5) is 23.9. The van der Waals surface area contributed by atoms with Gasteiger partial charge in [0.05, 0.1) is 11.1 Å². The number of carbonyl (C=O) groups excluding carboxylic acids is 1. The minimum atomic E-state index is 0.174. The fraction of sp³-hybridized carbons (Fsp3) is 0.529. The van der Waals surface area contributed by atoms with Crippen LogP contribution in [0.1, 0.15) is 35.4 Å². The summed E-state index contributed by atoms with van der Waals surface area (Å²) in [5.41, 5.74) is 0. The van der Waals surface area contributed by atoms with E-state index in [-0.39, 0.29) is 5.91 Å². The van der Waals surface area contributed by atoms with Gasteiger partial charge >= 0.3 is 0 Å². The number of amides is 1. The maximum absolute atomic E-state index is 13.0. The van der Waals surface area contributed by atoms with E-state index >= 15 is 0 Å². The maximum atomic E-state index is 13.0. The molecule has 0 spiro atoms. The van der Waals surface area contributed by atoms with Gasteiger partial charge in [-0.2, -0.15) is 0 Å². The van der Waals surface area contributed by atoms with Crippen molar-refractivity contribution in [1.29, 1.82) is 0 Å². The van der Waals surface area contributed by atoms with Gasteiger partial charge < -0.3 is 9.80 Å². The van der Waals surface area contributed by atoms with Crippen LogP contribution >= 0.6 is 22.7 Å². The molecule has 23 heavy (non-hydrogen) atoms. The summed E-state index contributed by atoms with van der Waals surface area (Å²) in [6.07, 6.45) is 6.49. The number of thiophene rings is 1. The molecule has 122 valence electrons. The summed E-state index contributed by atoms with van der Waals surface area (Å²) in [6.45, 7) is 2.05. The summed E-state index contributed by atoms with van der Waals surface area (Å²) >= 11 is 3.20. The first-order chi connectivity index (χ1) is 11.2. The topological polar surface area (TPSA) is 36.4 Å². The summed E-state index contributed by atoms with van der Waals surface area (Å²) in [6, 6.07) is 4.99. The number of thiazole rings is 1. The smallest absolute Gasteiger partial charge is 0.265 e. The highest BCUT2D eigenvalue weighted by molar-refractivity contribution is 7.21. The predicted molar refractivity (Wildman–Crippen MR) is 95.1 cm³/mol. The first-order valence-electron chi connectivity index (χ1n) is 8.25. The van der Waals surface area contributed by atoms with E-state index in [1.165, 1.54) is 24.2 Å². The molecular weight excluding hydrogens is 326 g/mol. The fourth-order valence-corrected chi connectivity index (χ4v) is 5.57. The first kappa shape index (κ1) is 15.3. The van der Waals surface area contributed by atoms with Gasteiger partial charge in [-0.15, -0.1) is 22.7 Å². The van der Waals surface area contributed by atoms with Gasteiger partial charge in [0.25, 0.3) is 5.91 Å². The molecule has 2 saturated heterocycles. The molecule has 6 heteroatoms. The highest BCUT2D eigenvalue weighted by Crippen LogP contribution is 2.33. The second-order valence-electron chi connectivity index (χ2n) is 6.41. The van der Waals surface area contributed by atoms with Crippen LogP contribution in [0.5, 0.6) is 0 Å². The number of carbonyl (C=O) groups is 1. The lowest BCUT2D eigenvalue weighted by Crippen LogP contribution is -2.46. The Bertz CT molecular complexity index is 682. The third-order valence-electron chi connectivity index (χ3n) is 5.03. The van der Waals surface area contributed by atoms with Gasteiger partial charge in [-0.3, -0.25) is 4.79 Å². The van der Waals surface area contributed by atoms with E-state index in [4.69, 9.17) is 0 Å². The molecule has 2 aromatic heterocycles. The molecule has 2 aliphatic rings. The second kappa shape index (κ2) is 6.34. The second-order valence-corrected chi connectivity index (χ2v) is 8.38. The number of nitrogens with zero attached hydrogens (tertiary/aromatic N) is 3. The number of hydrogen-bond acceptors (Lipinski definition) is 5. The average molecular weight is 348 g/mol. The van der Waals surface area contributed by atoms with Crippen LogP contribution in [0, 0.1) is 0 Å². The van der Waals surface area contributed by atoms with Crippen molar-refractivity contribution in [2.75, 3.05) is 20.1 Å². The van der Waals surface area contributed by atoms with Crippen molar-refractivity contribution in [3.63, 3.8) is 0 Å². The molecule has 0 saturated carbocycles. The monoisotopic (exact) mass is 347 g/mol. The number of likely N-dealkylation sites (tertiary alicyclic amines) is 2. The normalized spacial score (nSPS) is 25.3. The molecule has 0 radical (unpaired) electrons. The predicted octanol–water partition coefficient (Wildman–Crippen LogP) is 3.57. The highest BCUT2D eigenvalue weighted by Gasteiger charge is 2.39. The Balaban J connectivity index is 1.54. The van der Waals surface area contributed by atoms with Gasteiger partial charge in [0.1, 0.15) is 9.88 Å². The van der Waals surface area contributed by atoms with Crippen LogP contribution in [0.2, 0.25) is 0 Å². The summed E-state index contributed by atoms with van der Waals surface area (Å²) in [5, 5.41) is 3.00. The van der Waals surface area contributed by atoms with Crippen molar-refractivity contribution >= 4 is 28.6 Å². The van der Waals surface area contributed by atoms with Crippen LogP contribution in [0.15, 0.2) is 23.7 Å². The van der Waals surface area contributed by atoms with Crippen LogP contribution in [0.4, 0.5) is 0 Å². The quantitative estimate of drug-likeness (QED) is 0.852. The van der Waals surface area contributed by atoms with E-state index in [2.05, 4.69) is 27.9 Å². The number of aromatic nitrogens is 1. The fourth-order valence-electron chi connectivity index (χ4n) is 3.90. The minimum absolute atomic E-state index is 0.174. The molecule has 2 aliphatic heterocycles. The molecule has 2 aromatic rings. The lowest BCUT2D eigenvalue weighted by Gasteiger charge is -2.33. The van der Waals surface area contributed by atoms with Crippen molar-refractivity contribution in [2.45, 2.75) is 37.8 Å². The zero-order valence-corrected chi connectivity index (χ0v) is 14.9. The maximum Gasteiger partial charge on any atom is 0.265 e. The standard InChI is InChI=1S/C17H21N3OS2/c1-19-8-2-5-12(19)13-6-3-9-20(13)17(21)15-11-18-16(23-15)14-7-4-10-22-14/h4,7,10-13H,2-3,5-6,8-9H2,1H3/t12-,13+/m1/s1. The Morgan fingerprint density at radius 2 is 2.09 bits per heavy atom. The van der Waals surface area contributed by atoms with Crippen LogP contribution in [-0.4, -0.2) is 52.9 Å². The zero-order valence-electron chi connectivity index (χ0n) is 13.3. The van der Waals surface area contributed by atoms with Gasteiger partial charge in [0, 0.05) is 18.6 Å². The first-order valence-corrected chi connectivity index (χ1v) is 9.94. The van der Waals surface area contributed by atoms with Gasteiger partial charge in [-0.25, -0.2) is 4.98 Å². The Morgan fingerprint density at radius 1 is 1.26 bits per heavy atom. The zero-order chi connectivity index (χ0) is 15.8. The molecule has 0 unspecified atom stereocenters. The van der Waals surface area contributed by atoms with Crippen molar-refractivity contribution < 1.29 is 4.79 Å². The van der Waals surface area contributed by atoms with Gasteiger partial charge in [0.2, 0.25) is 0 Å². The molecule has 2 atom stereocenters. The Morgan fingerprint density at radius 3 is 2.83 bits per heavy atom. The molecule has 2 fully saturated rings. The molecule has 1 amide bonds. The van der Waals surface area contributed by atoms with Crippen LogP contribution < -0.4 is 0 Å². The molecular formula is C17H21N3OS2. The largest absolute Gasteiger partial charge is 0.333 e. The molecule has 0 N–H and O–H groups in total. The summed E-state index contributed by atoms with van der Waals surface area (Å²) in [5.74, 6) is 0.174. The van der Waals surface area contributed by atoms with Crippen molar-refractivity contribution in [2.24, 2.45) is 0 Å². The van der Waals surface area contributed by atoms with Gasteiger partial charge in [-0.1, -0.05) is 6.07 Å². The van der Waals surface area contributed by atoms with E-state index in [0.717, 1.165) is 40.7 Å². The average Bonchev–Trinajstić information content (AvgIpc) is 3.31. The van der Waals surface area contributed by atoms with Crippen LogP contribution in [-0.2, 0) is 0 Å². The summed E-state index contributed by atoms with van der Waals surface area (Å²) < 4.78 is 0. The Kier molecular flexibility index (Phi) is 4.22. The molecule has 4 nitrogen and oxygen atoms in total. The van der Waals surface area contributed by atoms with E-state index < -0.39 is 0 Å². The third-order valence-corrected chi connectivity index (χ3v) is 7.05. The molecule has 4 rings (SSSR count). The molecule has 0 bridgehead atoms. The SMILES string of the molecule is CN1CCC[C@@H]1[C@@H]1CCCN1C(=O)c1cnc(-c2cccs2)s1. The van der Waals surface area contributed by atoms with Crippen molar-refractivity contribution in [1.82, 2.24) is 14.8 Å². The molecule has 0 aliphatic carbocycles. The van der Waals surface area contributed by atoms with E-state index in [0.29, 0.717) is 12.1 Å². The van der Waals surface area contributed by atoms with Crippen molar-refractivity contribution in [3.05, 3.63) is 28.6 Å². The number of likely N-dealkylation sites (N-methyl/N-ethyl adjacent to an activating group) is 1. The lowest BCUT2D eigenvalue weighted by atomic mass is 10.0. The molecule has 4 heterocycles. The van der Waals surface area contributed by atoms with E-state index in [9.17, 15) is 4.79 Å². The molecule has 0 aromatic carbocycles. The van der Waals surface area contributed by atoms with Gasteiger partial charge in [0.15, 0.2) is 0 Å². The van der Waals surface area contributed by atoms with Crippen LogP contribution in [0.3, 0.4) is 0 Å².